The second kappa shape index (κ2) is 7.13. The molecule has 0 saturated heterocycles. The molecule has 0 atom stereocenters. The van der Waals surface area contributed by atoms with Crippen LogP contribution in [0.3, 0.4) is 0 Å². The summed E-state index contributed by atoms with van der Waals surface area (Å²) >= 11 is 0. The average molecular weight is 339 g/mol. The van der Waals surface area contributed by atoms with E-state index in [1.165, 1.54) is 0 Å². The number of halogens is 2. The third-order valence-corrected chi connectivity index (χ3v) is 3.80. The van der Waals surface area contributed by atoms with Crippen molar-refractivity contribution in [2.24, 2.45) is 0 Å². The molecule has 5 heteroatoms. The van der Waals surface area contributed by atoms with Crippen LogP contribution in [0.2, 0.25) is 0 Å². The molecule has 0 fully saturated rings. The van der Waals surface area contributed by atoms with Gasteiger partial charge < -0.3 is 10.4 Å². The summed E-state index contributed by atoms with van der Waals surface area (Å²) in [5.74, 6) is -3.63. The minimum Gasteiger partial charge on any atom is -0.507 e. The van der Waals surface area contributed by atoms with Gasteiger partial charge in [-0.15, -0.1) is 0 Å². The highest BCUT2D eigenvalue weighted by atomic mass is 19.1. The van der Waals surface area contributed by atoms with Crippen LogP contribution >= 0.6 is 0 Å². The Balaban J connectivity index is 1.98. The molecule has 2 N–H and O–H groups in total. The van der Waals surface area contributed by atoms with E-state index in [-0.39, 0.29) is 0 Å². The molecule has 1 amide bonds. The molecule has 3 aromatic carbocycles. The SMILES string of the molecule is O=C(NC(c1ccccc1)c1ccccc1)c1c(O)cc(F)cc1F. The number of aromatic hydroxyl groups is 1. The first-order valence-electron chi connectivity index (χ1n) is 7.65. The summed E-state index contributed by atoms with van der Waals surface area (Å²) in [4.78, 5) is 12.5. The summed E-state index contributed by atoms with van der Waals surface area (Å²) in [5.41, 5.74) is 1.01. The van der Waals surface area contributed by atoms with Gasteiger partial charge in [0, 0.05) is 12.1 Å². The normalized spacial score (nSPS) is 10.7. The number of hydrogen-bond acceptors (Lipinski definition) is 2. The van der Waals surface area contributed by atoms with Crippen molar-refractivity contribution in [1.29, 1.82) is 0 Å². The zero-order valence-corrected chi connectivity index (χ0v) is 13.1. The molecule has 3 nitrogen and oxygen atoms in total. The number of carbonyl (C=O) groups excluding carboxylic acids is 1. The van der Waals surface area contributed by atoms with Crippen LogP contribution in [0.4, 0.5) is 8.78 Å². The average Bonchev–Trinajstić information content (AvgIpc) is 2.60. The summed E-state index contributed by atoms with van der Waals surface area (Å²) in [6.45, 7) is 0. The zero-order chi connectivity index (χ0) is 17.8. The van der Waals surface area contributed by atoms with Gasteiger partial charge in [-0.05, 0) is 11.1 Å². The number of amides is 1. The van der Waals surface area contributed by atoms with Crippen molar-refractivity contribution in [3.8, 4) is 5.75 Å². The lowest BCUT2D eigenvalue weighted by molar-refractivity contribution is 0.0936. The first kappa shape index (κ1) is 16.6. The van der Waals surface area contributed by atoms with Gasteiger partial charge in [-0.3, -0.25) is 4.79 Å². The summed E-state index contributed by atoms with van der Waals surface area (Å²) in [7, 11) is 0. The number of carbonyl (C=O) groups is 1. The molecule has 0 heterocycles. The van der Waals surface area contributed by atoms with Gasteiger partial charge in [0.2, 0.25) is 0 Å². The fourth-order valence-electron chi connectivity index (χ4n) is 2.64. The smallest absolute Gasteiger partial charge is 0.258 e. The molecule has 25 heavy (non-hydrogen) atoms. The Kier molecular flexibility index (Phi) is 4.75. The van der Waals surface area contributed by atoms with E-state index in [9.17, 15) is 18.7 Å². The fourth-order valence-corrected chi connectivity index (χ4v) is 2.64. The van der Waals surface area contributed by atoms with Gasteiger partial charge in [0.1, 0.15) is 22.9 Å². The number of phenols is 1. The van der Waals surface area contributed by atoms with Crippen molar-refractivity contribution in [1.82, 2.24) is 5.32 Å². The molecular formula is C20H15F2NO2. The minimum atomic E-state index is -1.12. The Bertz CT molecular complexity index is 820. The van der Waals surface area contributed by atoms with Crippen molar-refractivity contribution in [3.63, 3.8) is 0 Å². The zero-order valence-electron chi connectivity index (χ0n) is 13.1. The van der Waals surface area contributed by atoms with Gasteiger partial charge in [-0.25, -0.2) is 8.78 Å². The molecule has 0 aromatic heterocycles. The van der Waals surface area contributed by atoms with Crippen molar-refractivity contribution < 1.29 is 18.7 Å². The molecule has 0 radical (unpaired) electrons. The Labute approximate surface area is 143 Å². The Hall–Kier alpha value is -3.21. The lowest BCUT2D eigenvalue weighted by Crippen LogP contribution is -2.30. The Morgan fingerprint density at radius 3 is 1.88 bits per heavy atom. The molecule has 3 aromatic rings. The predicted molar refractivity (Wildman–Crippen MR) is 90.2 cm³/mol. The predicted octanol–water partition coefficient (Wildman–Crippen LogP) is 4.19. The molecule has 126 valence electrons. The second-order valence-electron chi connectivity index (χ2n) is 5.51. The van der Waals surface area contributed by atoms with Gasteiger partial charge >= 0.3 is 0 Å². The van der Waals surface area contributed by atoms with E-state index in [1.54, 1.807) is 0 Å². The first-order chi connectivity index (χ1) is 12.1. The topological polar surface area (TPSA) is 49.3 Å². The number of phenolic OH excluding ortho intramolecular Hbond substituents is 1. The van der Waals surface area contributed by atoms with E-state index in [4.69, 9.17) is 0 Å². The first-order valence-corrected chi connectivity index (χ1v) is 7.65. The van der Waals surface area contributed by atoms with Gasteiger partial charge in [0.05, 0.1) is 6.04 Å². The van der Waals surface area contributed by atoms with Crippen LogP contribution < -0.4 is 5.32 Å². The lowest BCUT2D eigenvalue weighted by atomic mass is 9.98. The number of nitrogens with one attached hydrogen (secondary N) is 1. The van der Waals surface area contributed by atoms with E-state index in [1.807, 2.05) is 60.7 Å². The standard InChI is InChI=1S/C20H15F2NO2/c21-15-11-16(22)18(17(24)12-15)20(25)23-19(13-7-3-1-4-8-13)14-9-5-2-6-10-14/h1-12,19,24H,(H,23,25). The van der Waals surface area contributed by atoms with Crippen molar-refractivity contribution in [2.45, 2.75) is 6.04 Å². The van der Waals surface area contributed by atoms with Crippen LogP contribution in [0, 0.1) is 11.6 Å². The van der Waals surface area contributed by atoms with Crippen molar-refractivity contribution >= 4 is 5.91 Å². The molecule has 0 spiro atoms. The number of hydrogen-bond donors (Lipinski definition) is 2. The highest BCUT2D eigenvalue weighted by molar-refractivity contribution is 5.97. The maximum Gasteiger partial charge on any atom is 0.258 e. The second-order valence-corrected chi connectivity index (χ2v) is 5.51. The Morgan fingerprint density at radius 2 is 1.40 bits per heavy atom. The maximum absolute atomic E-state index is 14.0. The molecule has 0 bridgehead atoms. The molecule has 3 rings (SSSR count). The molecule has 0 unspecified atom stereocenters. The van der Waals surface area contributed by atoms with Crippen LogP contribution in [0.1, 0.15) is 27.5 Å². The minimum absolute atomic E-state index is 0.543. The third-order valence-electron chi connectivity index (χ3n) is 3.80. The number of rotatable bonds is 4. The third kappa shape index (κ3) is 3.66. The van der Waals surface area contributed by atoms with Crippen LogP contribution in [-0.2, 0) is 0 Å². The highest BCUT2D eigenvalue weighted by Gasteiger charge is 2.23. The fraction of sp³-hybridized carbons (Fsp3) is 0.0500. The van der Waals surface area contributed by atoms with E-state index < -0.39 is 34.9 Å². The molecule has 0 aliphatic heterocycles. The van der Waals surface area contributed by atoms with Crippen LogP contribution in [-0.4, -0.2) is 11.0 Å². The molecule has 0 saturated carbocycles. The van der Waals surface area contributed by atoms with Crippen LogP contribution in [0.5, 0.6) is 5.75 Å². The molecular weight excluding hydrogens is 324 g/mol. The van der Waals surface area contributed by atoms with Crippen LogP contribution in [0.15, 0.2) is 72.8 Å². The van der Waals surface area contributed by atoms with Gasteiger partial charge in [-0.2, -0.15) is 0 Å². The Morgan fingerprint density at radius 1 is 0.880 bits per heavy atom. The summed E-state index contributed by atoms with van der Waals surface area (Å²) in [5, 5.41) is 12.5. The largest absolute Gasteiger partial charge is 0.507 e. The van der Waals surface area contributed by atoms with Gasteiger partial charge in [0.25, 0.3) is 5.91 Å². The lowest BCUT2D eigenvalue weighted by Gasteiger charge is -2.20. The summed E-state index contributed by atoms with van der Waals surface area (Å²) in [6, 6.07) is 19.1. The van der Waals surface area contributed by atoms with E-state index in [0.717, 1.165) is 11.1 Å². The van der Waals surface area contributed by atoms with Gasteiger partial charge in [0.15, 0.2) is 0 Å². The molecule has 0 aliphatic carbocycles. The van der Waals surface area contributed by atoms with Gasteiger partial charge in [-0.1, -0.05) is 60.7 Å². The van der Waals surface area contributed by atoms with E-state index >= 15 is 0 Å². The van der Waals surface area contributed by atoms with Crippen LogP contribution in [0.25, 0.3) is 0 Å². The molecule has 0 aliphatic rings. The highest BCUT2D eigenvalue weighted by Crippen LogP contribution is 2.26. The summed E-state index contributed by atoms with van der Waals surface area (Å²) < 4.78 is 27.1. The monoisotopic (exact) mass is 339 g/mol. The quantitative estimate of drug-likeness (QED) is 0.749. The maximum atomic E-state index is 14.0. The van der Waals surface area contributed by atoms with E-state index in [0.29, 0.717) is 12.1 Å². The van der Waals surface area contributed by atoms with E-state index in [2.05, 4.69) is 5.32 Å². The number of benzene rings is 3. The summed E-state index contributed by atoms with van der Waals surface area (Å²) in [6.07, 6.45) is 0. The van der Waals surface area contributed by atoms with Crippen molar-refractivity contribution in [3.05, 3.63) is 101 Å². The van der Waals surface area contributed by atoms with Crippen molar-refractivity contribution in [2.75, 3.05) is 0 Å².